The molecule has 0 spiro atoms. The predicted molar refractivity (Wildman–Crippen MR) is 84.0 cm³/mol. The van der Waals surface area contributed by atoms with Crippen LogP contribution >= 0.6 is 0 Å². The van der Waals surface area contributed by atoms with E-state index in [-0.39, 0.29) is 0 Å². The van der Waals surface area contributed by atoms with Gasteiger partial charge in [-0.15, -0.1) is 10.2 Å². The second-order valence-electron chi connectivity index (χ2n) is 5.07. The first-order valence-corrected chi connectivity index (χ1v) is 6.71. The van der Waals surface area contributed by atoms with Gasteiger partial charge < -0.3 is 5.32 Å². The van der Waals surface area contributed by atoms with Crippen LogP contribution in [0.5, 0.6) is 0 Å². The van der Waals surface area contributed by atoms with E-state index in [0.29, 0.717) is 0 Å². The molecule has 0 aliphatic heterocycles. The Hall–Kier alpha value is -2.42. The van der Waals surface area contributed by atoms with E-state index in [1.165, 1.54) is 11.1 Å². The van der Waals surface area contributed by atoms with Gasteiger partial charge in [-0.05, 0) is 26.0 Å². The molecule has 3 aromatic rings. The fourth-order valence-electron chi connectivity index (χ4n) is 2.61. The first kappa shape index (κ1) is 12.6. The van der Waals surface area contributed by atoms with Crippen LogP contribution in [0.25, 0.3) is 22.0 Å². The van der Waals surface area contributed by atoms with E-state index >= 15 is 0 Å². The number of aryl methyl sites for hydroxylation is 2. The number of nitrogens with zero attached hydrogens (tertiary/aromatic N) is 2. The third-order valence-electron chi connectivity index (χ3n) is 3.42. The lowest BCUT2D eigenvalue weighted by atomic mass is 10.0. The molecule has 1 N–H and O–H groups in total. The van der Waals surface area contributed by atoms with Crippen LogP contribution in [0.4, 0.5) is 5.82 Å². The average Bonchev–Trinajstić information content (AvgIpc) is 2.45. The summed E-state index contributed by atoms with van der Waals surface area (Å²) < 4.78 is 0. The highest BCUT2D eigenvalue weighted by Gasteiger charge is 2.10. The van der Waals surface area contributed by atoms with E-state index in [1.807, 2.05) is 19.2 Å². The standard InChI is InChI=1S/C17H17N3/c1-11-8-12(2)10-13(9-11)16-14-6-4-5-7-15(14)17(18-3)20-19-16/h4-10H,1-3H3,(H,18,20). The number of aromatic nitrogens is 2. The lowest BCUT2D eigenvalue weighted by Gasteiger charge is -2.10. The maximum Gasteiger partial charge on any atom is 0.156 e. The molecule has 0 bridgehead atoms. The summed E-state index contributed by atoms with van der Waals surface area (Å²) in [5, 5.41) is 14.0. The zero-order valence-electron chi connectivity index (χ0n) is 11.9. The van der Waals surface area contributed by atoms with Gasteiger partial charge in [0.1, 0.15) is 5.69 Å². The molecule has 0 fully saturated rings. The molecule has 0 atom stereocenters. The Bertz CT molecular complexity index is 758. The summed E-state index contributed by atoms with van der Waals surface area (Å²) in [6.07, 6.45) is 0. The van der Waals surface area contributed by atoms with E-state index in [4.69, 9.17) is 0 Å². The van der Waals surface area contributed by atoms with Gasteiger partial charge in [0.15, 0.2) is 5.82 Å². The normalized spacial score (nSPS) is 10.8. The zero-order chi connectivity index (χ0) is 14.1. The van der Waals surface area contributed by atoms with Crippen molar-refractivity contribution in [2.24, 2.45) is 0 Å². The van der Waals surface area contributed by atoms with E-state index in [9.17, 15) is 0 Å². The van der Waals surface area contributed by atoms with Crippen molar-refractivity contribution in [3.8, 4) is 11.3 Å². The van der Waals surface area contributed by atoms with Crippen molar-refractivity contribution in [1.29, 1.82) is 0 Å². The number of hydrogen-bond acceptors (Lipinski definition) is 3. The second-order valence-corrected chi connectivity index (χ2v) is 5.07. The van der Waals surface area contributed by atoms with E-state index in [0.717, 1.165) is 27.8 Å². The molecule has 3 nitrogen and oxygen atoms in total. The molecule has 3 heteroatoms. The number of nitrogens with one attached hydrogen (secondary N) is 1. The van der Waals surface area contributed by atoms with Gasteiger partial charge in [0.05, 0.1) is 0 Å². The smallest absolute Gasteiger partial charge is 0.156 e. The van der Waals surface area contributed by atoms with Crippen LogP contribution in [0.15, 0.2) is 42.5 Å². The molecule has 0 unspecified atom stereocenters. The largest absolute Gasteiger partial charge is 0.371 e. The van der Waals surface area contributed by atoms with Crippen LogP contribution in [-0.2, 0) is 0 Å². The van der Waals surface area contributed by atoms with Crippen molar-refractivity contribution in [3.05, 3.63) is 53.6 Å². The molecule has 0 aliphatic carbocycles. The van der Waals surface area contributed by atoms with Gasteiger partial charge >= 0.3 is 0 Å². The Balaban J connectivity index is 2.31. The van der Waals surface area contributed by atoms with Crippen molar-refractivity contribution in [3.63, 3.8) is 0 Å². The van der Waals surface area contributed by atoms with E-state index < -0.39 is 0 Å². The van der Waals surface area contributed by atoms with Crippen molar-refractivity contribution in [1.82, 2.24) is 10.2 Å². The minimum absolute atomic E-state index is 0.814. The highest BCUT2D eigenvalue weighted by molar-refractivity contribution is 6.00. The zero-order valence-corrected chi connectivity index (χ0v) is 11.9. The van der Waals surface area contributed by atoms with Gasteiger partial charge in [-0.3, -0.25) is 0 Å². The maximum absolute atomic E-state index is 4.42. The molecular weight excluding hydrogens is 246 g/mol. The lowest BCUT2D eigenvalue weighted by molar-refractivity contribution is 1.05. The second kappa shape index (κ2) is 4.93. The molecule has 20 heavy (non-hydrogen) atoms. The molecule has 0 saturated heterocycles. The number of fused-ring (bicyclic) bond motifs is 1. The Labute approximate surface area is 118 Å². The molecule has 100 valence electrons. The van der Waals surface area contributed by atoms with Crippen molar-refractivity contribution in [2.45, 2.75) is 13.8 Å². The van der Waals surface area contributed by atoms with Gasteiger partial charge in [0.25, 0.3) is 0 Å². The van der Waals surface area contributed by atoms with Crippen LogP contribution in [0.3, 0.4) is 0 Å². The average molecular weight is 263 g/mol. The Morgan fingerprint density at radius 1 is 0.850 bits per heavy atom. The molecule has 3 rings (SSSR count). The first-order chi connectivity index (χ1) is 9.69. The quantitative estimate of drug-likeness (QED) is 0.760. The van der Waals surface area contributed by atoms with Crippen LogP contribution in [-0.4, -0.2) is 17.2 Å². The molecule has 0 aliphatic rings. The van der Waals surface area contributed by atoms with Crippen LogP contribution in [0, 0.1) is 13.8 Å². The highest BCUT2D eigenvalue weighted by atomic mass is 15.2. The molecule has 0 saturated carbocycles. The summed E-state index contributed by atoms with van der Waals surface area (Å²) in [6, 6.07) is 14.7. The fraction of sp³-hybridized carbons (Fsp3) is 0.176. The van der Waals surface area contributed by atoms with Crippen molar-refractivity contribution < 1.29 is 0 Å². The minimum atomic E-state index is 0.814. The SMILES string of the molecule is CNc1nnc(-c2cc(C)cc(C)c2)c2ccccc12. The Morgan fingerprint density at radius 2 is 1.50 bits per heavy atom. The molecular formula is C17H17N3. The third kappa shape index (κ3) is 2.11. The van der Waals surface area contributed by atoms with Crippen molar-refractivity contribution in [2.75, 3.05) is 12.4 Å². The van der Waals surface area contributed by atoms with Gasteiger partial charge in [-0.25, -0.2) is 0 Å². The summed E-state index contributed by atoms with van der Waals surface area (Å²) in [7, 11) is 1.87. The minimum Gasteiger partial charge on any atom is -0.371 e. The maximum atomic E-state index is 4.42. The summed E-state index contributed by atoms with van der Waals surface area (Å²) >= 11 is 0. The summed E-state index contributed by atoms with van der Waals surface area (Å²) in [4.78, 5) is 0. The monoisotopic (exact) mass is 263 g/mol. The number of benzene rings is 2. The summed E-state index contributed by atoms with van der Waals surface area (Å²) in [5.41, 5.74) is 4.53. The lowest BCUT2D eigenvalue weighted by Crippen LogP contribution is -1.98. The van der Waals surface area contributed by atoms with Crippen LogP contribution in [0.1, 0.15) is 11.1 Å². The molecule has 0 radical (unpaired) electrons. The van der Waals surface area contributed by atoms with E-state index in [2.05, 4.69) is 59.7 Å². The molecule has 1 heterocycles. The van der Waals surface area contributed by atoms with E-state index in [1.54, 1.807) is 0 Å². The van der Waals surface area contributed by atoms with Gasteiger partial charge in [0, 0.05) is 23.4 Å². The third-order valence-corrected chi connectivity index (χ3v) is 3.42. The first-order valence-electron chi connectivity index (χ1n) is 6.71. The number of rotatable bonds is 2. The molecule has 0 amide bonds. The predicted octanol–water partition coefficient (Wildman–Crippen LogP) is 3.96. The van der Waals surface area contributed by atoms with Crippen LogP contribution in [0.2, 0.25) is 0 Å². The Morgan fingerprint density at radius 3 is 2.15 bits per heavy atom. The van der Waals surface area contributed by atoms with Crippen molar-refractivity contribution >= 4 is 16.6 Å². The number of anilines is 1. The Kier molecular flexibility index (Phi) is 3.11. The molecule has 1 aromatic heterocycles. The summed E-state index contributed by atoms with van der Waals surface area (Å²) in [6.45, 7) is 4.21. The topological polar surface area (TPSA) is 37.8 Å². The van der Waals surface area contributed by atoms with Gasteiger partial charge in [-0.1, -0.05) is 41.5 Å². The number of hydrogen-bond donors (Lipinski definition) is 1. The molecule has 2 aromatic carbocycles. The fourth-order valence-corrected chi connectivity index (χ4v) is 2.61. The van der Waals surface area contributed by atoms with Gasteiger partial charge in [-0.2, -0.15) is 0 Å². The highest BCUT2D eigenvalue weighted by Crippen LogP contribution is 2.30. The van der Waals surface area contributed by atoms with Gasteiger partial charge in [0.2, 0.25) is 0 Å². The van der Waals surface area contributed by atoms with Crippen LogP contribution < -0.4 is 5.32 Å². The summed E-state index contributed by atoms with van der Waals surface area (Å²) in [5.74, 6) is 0.814.